The summed E-state index contributed by atoms with van der Waals surface area (Å²) in [5.74, 6) is -1.90. The van der Waals surface area contributed by atoms with Crippen LogP contribution in [0.1, 0.15) is 23.2 Å². The fourth-order valence-corrected chi connectivity index (χ4v) is 2.58. The standard InChI is InChI=1S/C13H15BrN2O5/c14-9-4-8(5-15-12(9)18)11(17)16-10(13(19)20)7-2-1-3-21-6-7/h4-5,7,10H,1-3,6H2,(H,15,18)(H,16,17)(H,19,20). The van der Waals surface area contributed by atoms with Gasteiger partial charge in [-0.1, -0.05) is 0 Å². The molecule has 0 aliphatic carbocycles. The number of H-pyrrole nitrogens is 1. The zero-order valence-electron chi connectivity index (χ0n) is 11.1. The summed E-state index contributed by atoms with van der Waals surface area (Å²) >= 11 is 3.03. The van der Waals surface area contributed by atoms with E-state index in [1.807, 2.05) is 0 Å². The Morgan fingerprint density at radius 3 is 2.86 bits per heavy atom. The van der Waals surface area contributed by atoms with E-state index >= 15 is 0 Å². The zero-order chi connectivity index (χ0) is 15.4. The van der Waals surface area contributed by atoms with Crippen LogP contribution in [0.15, 0.2) is 21.5 Å². The molecule has 2 heterocycles. The second-order valence-electron chi connectivity index (χ2n) is 4.83. The summed E-state index contributed by atoms with van der Waals surface area (Å²) in [4.78, 5) is 37.1. The fourth-order valence-electron chi connectivity index (χ4n) is 2.22. The molecule has 0 bridgehead atoms. The van der Waals surface area contributed by atoms with Gasteiger partial charge in [-0.3, -0.25) is 9.59 Å². The van der Waals surface area contributed by atoms with Gasteiger partial charge >= 0.3 is 5.97 Å². The average Bonchev–Trinajstić information content (AvgIpc) is 2.48. The third-order valence-electron chi connectivity index (χ3n) is 3.34. The van der Waals surface area contributed by atoms with Gasteiger partial charge in [0.15, 0.2) is 0 Å². The van der Waals surface area contributed by atoms with Gasteiger partial charge in [0.2, 0.25) is 0 Å². The minimum atomic E-state index is -1.10. The molecule has 1 aliphatic rings. The molecule has 114 valence electrons. The SMILES string of the molecule is O=C(NC(C(=O)O)C1CCCOC1)c1c[nH]c(=O)c(Br)c1. The quantitative estimate of drug-likeness (QED) is 0.735. The van der Waals surface area contributed by atoms with Gasteiger partial charge in [-0.25, -0.2) is 4.79 Å². The van der Waals surface area contributed by atoms with E-state index in [4.69, 9.17) is 4.74 Å². The summed E-state index contributed by atoms with van der Waals surface area (Å²) in [7, 11) is 0. The van der Waals surface area contributed by atoms with Gasteiger partial charge in [-0.05, 0) is 34.8 Å². The van der Waals surface area contributed by atoms with E-state index in [0.29, 0.717) is 19.6 Å². The van der Waals surface area contributed by atoms with Crippen molar-refractivity contribution in [1.82, 2.24) is 10.3 Å². The molecule has 0 radical (unpaired) electrons. The number of carboxylic acids is 1. The topological polar surface area (TPSA) is 108 Å². The van der Waals surface area contributed by atoms with Crippen LogP contribution in [0.3, 0.4) is 0 Å². The van der Waals surface area contributed by atoms with Gasteiger partial charge in [0.1, 0.15) is 6.04 Å². The maximum atomic E-state index is 12.1. The predicted molar refractivity (Wildman–Crippen MR) is 77.2 cm³/mol. The van der Waals surface area contributed by atoms with Crippen LogP contribution in [0, 0.1) is 5.92 Å². The van der Waals surface area contributed by atoms with E-state index in [2.05, 4.69) is 26.2 Å². The van der Waals surface area contributed by atoms with Crippen molar-refractivity contribution in [2.24, 2.45) is 5.92 Å². The highest BCUT2D eigenvalue weighted by molar-refractivity contribution is 9.10. The summed E-state index contributed by atoms with van der Waals surface area (Å²) < 4.78 is 5.48. The minimum Gasteiger partial charge on any atom is -0.480 e. The summed E-state index contributed by atoms with van der Waals surface area (Å²) in [5, 5.41) is 11.8. The second kappa shape index (κ2) is 6.86. The fraction of sp³-hybridized carbons (Fsp3) is 0.462. The highest BCUT2D eigenvalue weighted by atomic mass is 79.9. The smallest absolute Gasteiger partial charge is 0.326 e. The van der Waals surface area contributed by atoms with Crippen molar-refractivity contribution in [2.45, 2.75) is 18.9 Å². The molecule has 0 aromatic carbocycles. The third-order valence-corrected chi connectivity index (χ3v) is 3.93. The van der Waals surface area contributed by atoms with Gasteiger partial charge in [-0.2, -0.15) is 0 Å². The van der Waals surface area contributed by atoms with E-state index in [1.54, 1.807) is 0 Å². The molecule has 1 aromatic rings. The Kier molecular flexibility index (Phi) is 5.13. The minimum absolute atomic E-state index is 0.185. The molecule has 3 N–H and O–H groups in total. The number of pyridine rings is 1. The molecule has 21 heavy (non-hydrogen) atoms. The first-order chi connectivity index (χ1) is 9.99. The van der Waals surface area contributed by atoms with Crippen molar-refractivity contribution in [3.8, 4) is 0 Å². The van der Waals surface area contributed by atoms with Crippen molar-refractivity contribution in [2.75, 3.05) is 13.2 Å². The molecule has 2 atom stereocenters. The average molecular weight is 359 g/mol. The van der Waals surface area contributed by atoms with Crippen LogP contribution in [-0.4, -0.2) is 41.2 Å². The highest BCUT2D eigenvalue weighted by Crippen LogP contribution is 2.18. The van der Waals surface area contributed by atoms with Crippen LogP contribution in [0.25, 0.3) is 0 Å². The molecular formula is C13H15BrN2O5. The van der Waals surface area contributed by atoms with Crippen molar-refractivity contribution in [1.29, 1.82) is 0 Å². The van der Waals surface area contributed by atoms with Crippen LogP contribution in [-0.2, 0) is 9.53 Å². The Labute approximate surface area is 128 Å². The Bertz CT molecular complexity index is 594. The lowest BCUT2D eigenvalue weighted by molar-refractivity contribution is -0.142. The first-order valence-corrected chi connectivity index (χ1v) is 7.28. The van der Waals surface area contributed by atoms with Crippen LogP contribution in [0.4, 0.5) is 0 Å². The van der Waals surface area contributed by atoms with E-state index in [0.717, 1.165) is 6.42 Å². The van der Waals surface area contributed by atoms with Crippen LogP contribution >= 0.6 is 15.9 Å². The Morgan fingerprint density at radius 2 is 2.29 bits per heavy atom. The number of carboxylic acid groups (broad SMARTS) is 1. The molecule has 2 unspecified atom stereocenters. The number of halogens is 1. The van der Waals surface area contributed by atoms with Crippen molar-refractivity contribution in [3.05, 3.63) is 32.7 Å². The largest absolute Gasteiger partial charge is 0.480 e. The van der Waals surface area contributed by atoms with Crippen molar-refractivity contribution >= 4 is 27.8 Å². The van der Waals surface area contributed by atoms with Gasteiger partial charge in [0.25, 0.3) is 11.5 Å². The number of hydrogen-bond donors (Lipinski definition) is 3. The Hall–Kier alpha value is -1.67. The van der Waals surface area contributed by atoms with Crippen molar-refractivity contribution < 1.29 is 19.4 Å². The van der Waals surface area contributed by atoms with Gasteiger partial charge < -0.3 is 20.1 Å². The molecule has 1 aromatic heterocycles. The Balaban J connectivity index is 2.12. The van der Waals surface area contributed by atoms with E-state index in [-0.39, 0.29) is 21.5 Å². The molecule has 1 aliphatic heterocycles. The number of carbonyl (C=O) groups is 2. The number of carbonyl (C=O) groups excluding carboxylic acids is 1. The third kappa shape index (κ3) is 3.92. The number of aromatic nitrogens is 1. The second-order valence-corrected chi connectivity index (χ2v) is 5.69. The summed E-state index contributed by atoms with van der Waals surface area (Å²) in [5.41, 5.74) is -0.175. The maximum Gasteiger partial charge on any atom is 0.326 e. The zero-order valence-corrected chi connectivity index (χ0v) is 12.7. The molecule has 0 saturated carbocycles. The number of hydrogen-bond acceptors (Lipinski definition) is 4. The van der Waals surface area contributed by atoms with Crippen LogP contribution in [0.2, 0.25) is 0 Å². The lowest BCUT2D eigenvalue weighted by Crippen LogP contribution is -2.48. The normalized spacial score (nSPS) is 19.8. The molecular weight excluding hydrogens is 344 g/mol. The number of nitrogens with one attached hydrogen (secondary N) is 2. The van der Waals surface area contributed by atoms with Gasteiger partial charge in [0, 0.05) is 18.7 Å². The van der Waals surface area contributed by atoms with E-state index < -0.39 is 17.9 Å². The van der Waals surface area contributed by atoms with Gasteiger partial charge in [-0.15, -0.1) is 0 Å². The van der Waals surface area contributed by atoms with Gasteiger partial charge in [0.05, 0.1) is 16.6 Å². The summed E-state index contributed by atoms with van der Waals surface area (Å²) in [6.45, 7) is 0.927. The molecule has 1 fully saturated rings. The molecule has 8 heteroatoms. The summed E-state index contributed by atoms with van der Waals surface area (Å²) in [6, 6.07) is 0.341. The number of rotatable bonds is 4. The lowest BCUT2D eigenvalue weighted by Gasteiger charge is -2.28. The number of ether oxygens (including phenoxy) is 1. The predicted octanol–water partition coefficient (Wildman–Crippen LogP) is 0.747. The first kappa shape index (κ1) is 15.7. The lowest BCUT2D eigenvalue weighted by atomic mass is 9.93. The number of aliphatic carboxylic acids is 1. The van der Waals surface area contributed by atoms with E-state index in [1.165, 1.54) is 12.3 Å². The Morgan fingerprint density at radius 1 is 1.52 bits per heavy atom. The molecule has 0 spiro atoms. The highest BCUT2D eigenvalue weighted by Gasteiger charge is 2.31. The van der Waals surface area contributed by atoms with Crippen LogP contribution in [0.5, 0.6) is 0 Å². The molecule has 7 nitrogen and oxygen atoms in total. The number of amides is 1. The molecule has 1 saturated heterocycles. The van der Waals surface area contributed by atoms with E-state index in [9.17, 15) is 19.5 Å². The maximum absolute atomic E-state index is 12.1. The summed E-state index contributed by atoms with van der Waals surface area (Å²) in [6.07, 6.45) is 2.71. The molecule has 2 rings (SSSR count). The first-order valence-electron chi connectivity index (χ1n) is 6.48. The van der Waals surface area contributed by atoms with Crippen LogP contribution < -0.4 is 10.9 Å². The van der Waals surface area contributed by atoms with Crippen molar-refractivity contribution in [3.63, 3.8) is 0 Å². The number of aromatic amines is 1. The monoisotopic (exact) mass is 358 g/mol. The molecule has 1 amide bonds.